The second-order valence-corrected chi connectivity index (χ2v) is 6.01. The number of fused-ring (bicyclic) bond motifs is 1. The third-order valence-corrected chi connectivity index (χ3v) is 4.49. The molecule has 114 valence electrons. The van der Waals surface area contributed by atoms with Crippen LogP contribution in [-0.4, -0.2) is 14.0 Å². The van der Waals surface area contributed by atoms with Gasteiger partial charge in [-0.05, 0) is 53.5 Å². The lowest BCUT2D eigenvalue weighted by Crippen LogP contribution is -1.98. The lowest BCUT2D eigenvalue weighted by molar-refractivity contribution is 0.628. The van der Waals surface area contributed by atoms with E-state index in [1.807, 2.05) is 28.9 Å². The fraction of sp³-hybridized carbons (Fsp3) is 0.0588. The summed E-state index contributed by atoms with van der Waals surface area (Å²) in [4.78, 5) is 1.03. The van der Waals surface area contributed by atoms with Crippen molar-refractivity contribution in [3.8, 4) is 21.7 Å². The van der Waals surface area contributed by atoms with E-state index < -0.39 is 0 Å². The van der Waals surface area contributed by atoms with Crippen LogP contribution in [0.15, 0.2) is 54.9 Å². The van der Waals surface area contributed by atoms with Crippen LogP contribution in [0.3, 0.4) is 0 Å². The van der Waals surface area contributed by atoms with E-state index in [1.165, 1.54) is 23.7 Å². The first kappa shape index (κ1) is 14.0. The Balaban J connectivity index is 2.01. The fourth-order valence-electron chi connectivity index (χ4n) is 2.61. The number of rotatable bonds is 3. The highest BCUT2D eigenvalue weighted by molar-refractivity contribution is 7.09. The maximum absolute atomic E-state index is 13.2. The van der Waals surface area contributed by atoms with Crippen molar-refractivity contribution in [2.75, 3.05) is 0 Å². The summed E-state index contributed by atoms with van der Waals surface area (Å²) >= 11 is 1.42. The molecule has 0 spiro atoms. The van der Waals surface area contributed by atoms with Crippen molar-refractivity contribution in [1.29, 1.82) is 0 Å². The van der Waals surface area contributed by atoms with Gasteiger partial charge in [0.1, 0.15) is 11.5 Å². The normalized spacial score (nSPS) is 11.2. The maximum Gasteiger partial charge on any atom is 0.123 e. The largest absolute Gasteiger partial charge is 0.326 e. The SMILES string of the molecule is NCc1ccc2c(-c3ccns3)c(-c3ccc(F)cc3)nn2c1. The highest BCUT2D eigenvalue weighted by atomic mass is 32.1. The summed E-state index contributed by atoms with van der Waals surface area (Å²) in [6, 6.07) is 12.3. The Morgan fingerprint density at radius 2 is 1.91 bits per heavy atom. The predicted molar refractivity (Wildman–Crippen MR) is 89.6 cm³/mol. The van der Waals surface area contributed by atoms with Gasteiger partial charge in [0.15, 0.2) is 0 Å². The van der Waals surface area contributed by atoms with Gasteiger partial charge in [0.25, 0.3) is 0 Å². The van der Waals surface area contributed by atoms with Crippen LogP contribution in [0.1, 0.15) is 5.56 Å². The average molecular weight is 324 g/mol. The summed E-state index contributed by atoms with van der Waals surface area (Å²) in [6.07, 6.45) is 3.69. The summed E-state index contributed by atoms with van der Waals surface area (Å²) in [5.74, 6) is -0.262. The first-order valence-corrected chi connectivity index (χ1v) is 7.92. The van der Waals surface area contributed by atoms with Crippen LogP contribution in [0.5, 0.6) is 0 Å². The Morgan fingerprint density at radius 3 is 2.61 bits per heavy atom. The molecule has 0 bridgehead atoms. The molecule has 2 N–H and O–H groups in total. The van der Waals surface area contributed by atoms with Gasteiger partial charge in [-0.1, -0.05) is 6.07 Å². The number of halogens is 1. The van der Waals surface area contributed by atoms with E-state index in [4.69, 9.17) is 10.8 Å². The molecule has 4 nitrogen and oxygen atoms in total. The first-order valence-electron chi connectivity index (χ1n) is 7.14. The molecule has 1 aromatic carbocycles. The molecule has 0 fully saturated rings. The Morgan fingerprint density at radius 1 is 1.09 bits per heavy atom. The summed E-state index contributed by atoms with van der Waals surface area (Å²) in [6.45, 7) is 0.456. The summed E-state index contributed by atoms with van der Waals surface area (Å²) in [5, 5.41) is 4.69. The number of pyridine rings is 1. The Labute approximate surface area is 136 Å². The molecule has 0 saturated carbocycles. The molecule has 0 unspecified atom stereocenters. The van der Waals surface area contributed by atoms with Gasteiger partial charge in [0.2, 0.25) is 0 Å². The minimum atomic E-state index is -0.262. The lowest BCUT2D eigenvalue weighted by Gasteiger charge is -2.01. The standard InChI is InChI=1S/C17H13FN4S/c18-13-4-2-12(3-5-13)17-16(15-7-8-20-23-15)14-6-1-11(9-19)10-22(14)21-17/h1-8,10H,9,19H2. The smallest absolute Gasteiger partial charge is 0.123 e. The van der Waals surface area contributed by atoms with Crippen LogP contribution in [0.4, 0.5) is 4.39 Å². The minimum absolute atomic E-state index is 0.262. The molecule has 3 heterocycles. The van der Waals surface area contributed by atoms with E-state index >= 15 is 0 Å². The van der Waals surface area contributed by atoms with Gasteiger partial charge in [-0.25, -0.2) is 13.3 Å². The Hall–Kier alpha value is -2.57. The van der Waals surface area contributed by atoms with Gasteiger partial charge < -0.3 is 5.73 Å². The minimum Gasteiger partial charge on any atom is -0.326 e. The molecule has 0 amide bonds. The van der Waals surface area contributed by atoms with Gasteiger partial charge in [0.05, 0.1) is 10.4 Å². The molecule has 4 aromatic rings. The molecule has 0 aliphatic heterocycles. The molecular formula is C17H13FN4S. The van der Waals surface area contributed by atoms with Crippen LogP contribution in [0, 0.1) is 5.82 Å². The van der Waals surface area contributed by atoms with E-state index in [0.29, 0.717) is 6.54 Å². The van der Waals surface area contributed by atoms with Gasteiger partial charge in [-0.2, -0.15) is 5.10 Å². The van der Waals surface area contributed by atoms with Crippen molar-refractivity contribution in [2.45, 2.75) is 6.54 Å². The molecule has 4 rings (SSSR count). The van der Waals surface area contributed by atoms with Gasteiger partial charge in [0, 0.05) is 30.1 Å². The van der Waals surface area contributed by atoms with Gasteiger partial charge >= 0.3 is 0 Å². The Kier molecular flexibility index (Phi) is 3.40. The predicted octanol–water partition coefficient (Wildman–Crippen LogP) is 3.72. The third kappa shape index (κ3) is 2.42. The topological polar surface area (TPSA) is 56.2 Å². The highest BCUT2D eigenvalue weighted by Gasteiger charge is 2.17. The van der Waals surface area contributed by atoms with E-state index in [0.717, 1.165) is 32.8 Å². The Bertz CT molecular complexity index is 958. The van der Waals surface area contributed by atoms with Crippen LogP contribution < -0.4 is 5.73 Å². The zero-order valence-corrected chi connectivity index (χ0v) is 12.9. The fourth-order valence-corrected chi connectivity index (χ4v) is 3.26. The third-order valence-electron chi connectivity index (χ3n) is 3.73. The van der Waals surface area contributed by atoms with Crippen molar-refractivity contribution >= 4 is 17.0 Å². The molecule has 3 aromatic heterocycles. The molecule has 0 aliphatic carbocycles. The molecule has 23 heavy (non-hydrogen) atoms. The van der Waals surface area contributed by atoms with Crippen molar-refractivity contribution in [2.24, 2.45) is 5.73 Å². The van der Waals surface area contributed by atoms with E-state index in [9.17, 15) is 4.39 Å². The number of benzene rings is 1. The zero-order valence-electron chi connectivity index (χ0n) is 12.1. The van der Waals surface area contributed by atoms with E-state index in [2.05, 4.69) is 4.37 Å². The van der Waals surface area contributed by atoms with Gasteiger partial charge in [-0.15, -0.1) is 0 Å². The van der Waals surface area contributed by atoms with Crippen LogP contribution >= 0.6 is 11.5 Å². The molecular weight excluding hydrogens is 311 g/mol. The molecule has 0 aliphatic rings. The van der Waals surface area contributed by atoms with Crippen molar-refractivity contribution in [3.63, 3.8) is 0 Å². The number of nitrogens with zero attached hydrogens (tertiary/aromatic N) is 3. The monoisotopic (exact) mass is 324 g/mol. The highest BCUT2D eigenvalue weighted by Crippen LogP contribution is 2.36. The van der Waals surface area contributed by atoms with Crippen molar-refractivity contribution < 1.29 is 4.39 Å². The van der Waals surface area contributed by atoms with Gasteiger partial charge in [-0.3, -0.25) is 0 Å². The number of nitrogens with two attached hydrogens (primary N) is 1. The number of aromatic nitrogens is 3. The van der Waals surface area contributed by atoms with Crippen molar-refractivity contribution in [1.82, 2.24) is 14.0 Å². The van der Waals surface area contributed by atoms with Crippen molar-refractivity contribution in [3.05, 3.63) is 66.2 Å². The second-order valence-electron chi connectivity index (χ2n) is 5.18. The first-order chi connectivity index (χ1) is 11.3. The molecule has 0 radical (unpaired) electrons. The van der Waals surface area contributed by atoms with Crippen LogP contribution in [0.25, 0.3) is 27.2 Å². The second kappa shape index (κ2) is 5.57. The number of hydrogen-bond donors (Lipinski definition) is 1. The average Bonchev–Trinajstić information content (AvgIpc) is 3.21. The molecule has 6 heteroatoms. The van der Waals surface area contributed by atoms with Crippen LogP contribution in [-0.2, 0) is 6.54 Å². The summed E-state index contributed by atoms with van der Waals surface area (Å²) in [7, 11) is 0. The zero-order chi connectivity index (χ0) is 15.8. The lowest BCUT2D eigenvalue weighted by atomic mass is 10.1. The summed E-state index contributed by atoms with van der Waals surface area (Å²) in [5.41, 5.74) is 10.4. The van der Waals surface area contributed by atoms with E-state index in [1.54, 1.807) is 18.3 Å². The molecule has 0 atom stereocenters. The maximum atomic E-state index is 13.2. The van der Waals surface area contributed by atoms with Crippen LogP contribution in [0.2, 0.25) is 0 Å². The number of hydrogen-bond acceptors (Lipinski definition) is 4. The molecule has 0 saturated heterocycles. The summed E-state index contributed by atoms with van der Waals surface area (Å²) < 4.78 is 19.3. The quantitative estimate of drug-likeness (QED) is 0.625. The van der Waals surface area contributed by atoms with E-state index in [-0.39, 0.29) is 5.82 Å².